The minimum Gasteiger partial charge on any atom is -0.361 e. The molecule has 0 aliphatic heterocycles. The van der Waals surface area contributed by atoms with Gasteiger partial charge in [0.1, 0.15) is 5.76 Å². The monoisotopic (exact) mass is 461 g/mol. The number of aryl methyl sites for hydroxylation is 2. The van der Waals surface area contributed by atoms with Crippen LogP contribution in [0.5, 0.6) is 0 Å². The number of nitrogens with zero attached hydrogens (tertiary/aromatic N) is 2. The third-order valence-corrected chi connectivity index (χ3v) is 7.21. The molecule has 0 unspecified atom stereocenters. The second-order valence-corrected chi connectivity index (χ2v) is 9.56. The molecule has 1 N–H and O–H groups in total. The number of anilines is 1. The fourth-order valence-electron chi connectivity index (χ4n) is 2.75. The number of thioether (sulfide) groups is 1. The molecule has 162 valence electrons. The second-order valence-electron chi connectivity index (χ2n) is 6.62. The first-order valence-corrected chi connectivity index (χ1v) is 11.7. The highest BCUT2D eigenvalue weighted by Crippen LogP contribution is 2.24. The predicted molar refractivity (Wildman–Crippen MR) is 116 cm³/mol. The summed E-state index contributed by atoms with van der Waals surface area (Å²) in [6.07, 6.45) is 0. The standard InChI is InChI=1S/C20H19N3O6S2/c1-13-19(14(2)29-22-13)11-30-12-20(24)21-15-3-7-17(8-4-15)31(27,28)18-9-5-16(6-10-18)23(25)26/h3-10H,11-12H2,1-2H3,(H,21,24). The Hall–Kier alpha value is -3.18. The highest BCUT2D eigenvalue weighted by molar-refractivity contribution is 7.99. The van der Waals surface area contributed by atoms with Crippen molar-refractivity contribution in [3.8, 4) is 0 Å². The molecule has 0 saturated carbocycles. The van der Waals surface area contributed by atoms with E-state index in [1.165, 1.54) is 48.2 Å². The molecule has 31 heavy (non-hydrogen) atoms. The van der Waals surface area contributed by atoms with E-state index in [-0.39, 0.29) is 27.1 Å². The summed E-state index contributed by atoms with van der Waals surface area (Å²) < 4.78 is 30.5. The molecule has 1 aromatic heterocycles. The number of nitrogens with one attached hydrogen (secondary N) is 1. The van der Waals surface area contributed by atoms with Gasteiger partial charge in [0.25, 0.3) is 5.69 Å². The van der Waals surface area contributed by atoms with Crippen LogP contribution in [0.25, 0.3) is 0 Å². The van der Waals surface area contributed by atoms with E-state index in [0.29, 0.717) is 11.4 Å². The number of carbonyl (C=O) groups excluding carboxylic acids is 1. The van der Waals surface area contributed by atoms with Gasteiger partial charge in [-0.25, -0.2) is 8.42 Å². The molecule has 3 rings (SSSR count). The van der Waals surface area contributed by atoms with Crippen molar-refractivity contribution in [2.24, 2.45) is 0 Å². The van der Waals surface area contributed by atoms with Crippen LogP contribution in [0.3, 0.4) is 0 Å². The van der Waals surface area contributed by atoms with E-state index in [1.807, 2.05) is 13.8 Å². The molecule has 9 nitrogen and oxygen atoms in total. The minimum absolute atomic E-state index is 0.0205. The summed E-state index contributed by atoms with van der Waals surface area (Å²) in [6.45, 7) is 3.67. The number of benzene rings is 2. The van der Waals surface area contributed by atoms with Crippen LogP contribution in [0, 0.1) is 24.0 Å². The molecule has 0 atom stereocenters. The smallest absolute Gasteiger partial charge is 0.269 e. The quantitative estimate of drug-likeness (QED) is 0.394. The lowest BCUT2D eigenvalue weighted by Gasteiger charge is -2.08. The Morgan fingerprint density at radius 3 is 2.19 bits per heavy atom. The van der Waals surface area contributed by atoms with E-state index in [2.05, 4.69) is 10.5 Å². The summed E-state index contributed by atoms with van der Waals surface area (Å²) in [6, 6.07) is 10.4. The fraction of sp³-hybridized carbons (Fsp3) is 0.200. The van der Waals surface area contributed by atoms with Crippen LogP contribution in [0.4, 0.5) is 11.4 Å². The van der Waals surface area contributed by atoms with Crippen LogP contribution in [0.1, 0.15) is 17.0 Å². The molecule has 0 saturated heterocycles. The highest BCUT2D eigenvalue weighted by Gasteiger charge is 2.19. The number of aromatic nitrogens is 1. The zero-order valence-corrected chi connectivity index (χ0v) is 18.3. The van der Waals surface area contributed by atoms with E-state index >= 15 is 0 Å². The molecular formula is C20H19N3O6S2. The largest absolute Gasteiger partial charge is 0.361 e. The topological polar surface area (TPSA) is 132 Å². The lowest BCUT2D eigenvalue weighted by Crippen LogP contribution is -2.14. The number of rotatable bonds is 8. The number of carbonyl (C=O) groups is 1. The maximum atomic E-state index is 12.7. The molecule has 1 heterocycles. The first-order chi connectivity index (χ1) is 14.7. The van der Waals surface area contributed by atoms with Crippen molar-refractivity contribution in [3.05, 3.63) is 75.7 Å². The number of hydrogen-bond donors (Lipinski definition) is 1. The normalized spacial score (nSPS) is 11.3. The van der Waals surface area contributed by atoms with Crippen molar-refractivity contribution in [2.75, 3.05) is 11.1 Å². The van der Waals surface area contributed by atoms with E-state index in [1.54, 1.807) is 0 Å². The second kappa shape index (κ2) is 9.31. The summed E-state index contributed by atoms with van der Waals surface area (Å²) in [4.78, 5) is 22.3. The number of sulfone groups is 1. The van der Waals surface area contributed by atoms with Crippen molar-refractivity contribution < 1.29 is 22.7 Å². The van der Waals surface area contributed by atoms with Gasteiger partial charge in [0.15, 0.2) is 0 Å². The van der Waals surface area contributed by atoms with Gasteiger partial charge in [-0.05, 0) is 50.2 Å². The lowest BCUT2D eigenvalue weighted by molar-refractivity contribution is -0.384. The molecular weight excluding hydrogens is 442 g/mol. The van der Waals surface area contributed by atoms with Gasteiger partial charge in [-0.15, -0.1) is 11.8 Å². The Labute approximate surface area is 182 Å². The van der Waals surface area contributed by atoms with Crippen LogP contribution in [-0.2, 0) is 20.4 Å². The van der Waals surface area contributed by atoms with Gasteiger partial charge in [-0.3, -0.25) is 14.9 Å². The maximum absolute atomic E-state index is 12.7. The van der Waals surface area contributed by atoms with Crippen LogP contribution in [-0.4, -0.2) is 30.2 Å². The molecule has 0 spiro atoms. The predicted octanol–water partition coefficient (Wildman–Crippen LogP) is 3.90. The third kappa shape index (κ3) is 5.30. The molecule has 1 amide bonds. The van der Waals surface area contributed by atoms with Crippen LogP contribution >= 0.6 is 11.8 Å². The molecule has 0 bridgehead atoms. The average Bonchev–Trinajstić information content (AvgIpc) is 3.06. The highest BCUT2D eigenvalue weighted by atomic mass is 32.2. The Balaban J connectivity index is 1.60. The SMILES string of the molecule is Cc1noc(C)c1CSCC(=O)Nc1ccc(S(=O)(=O)c2ccc([N+](=O)[O-])cc2)cc1. The van der Waals surface area contributed by atoms with Crippen LogP contribution in [0.2, 0.25) is 0 Å². The van der Waals surface area contributed by atoms with E-state index in [9.17, 15) is 23.3 Å². The number of amides is 1. The molecule has 0 radical (unpaired) electrons. The van der Waals surface area contributed by atoms with Crippen molar-refractivity contribution >= 4 is 38.9 Å². The molecule has 0 fully saturated rings. The van der Waals surface area contributed by atoms with Gasteiger partial charge in [-0.2, -0.15) is 0 Å². The number of non-ortho nitro benzene ring substituents is 1. The lowest BCUT2D eigenvalue weighted by atomic mass is 10.2. The van der Waals surface area contributed by atoms with Gasteiger partial charge in [0.05, 0.1) is 26.2 Å². The summed E-state index contributed by atoms with van der Waals surface area (Å²) >= 11 is 1.42. The molecule has 11 heteroatoms. The van der Waals surface area contributed by atoms with E-state index in [4.69, 9.17) is 4.52 Å². The van der Waals surface area contributed by atoms with Crippen LogP contribution < -0.4 is 5.32 Å². The number of nitro benzene ring substituents is 1. The van der Waals surface area contributed by atoms with Gasteiger partial charge in [0.2, 0.25) is 15.7 Å². The summed E-state index contributed by atoms with van der Waals surface area (Å²) in [7, 11) is -3.83. The molecule has 3 aromatic rings. The zero-order valence-electron chi connectivity index (χ0n) is 16.7. The number of hydrogen-bond acceptors (Lipinski definition) is 8. The Bertz CT molecular complexity index is 1180. The van der Waals surface area contributed by atoms with Crippen molar-refractivity contribution in [3.63, 3.8) is 0 Å². The van der Waals surface area contributed by atoms with Gasteiger partial charge >= 0.3 is 0 Å². The summed E-state index contributed by atoms with van der Waals surface area (Å²) in [5.74, 6) is 1.33. The van der Waals surface area contributed by atoms with Crippen molar-refractivity contribution in [1.82, 2.24) is 5.16 Å². The number of nitro groups is 1. The van der Waals surface area contributed by atoms with Crippen molar-refractivity contribution in [2.45, 2.75) is 29.4 Å². The van der Waals surface area contributed by atoms with E-state index in [0.717, 1.165) is 29.2 Å². The van der Waals surface area contributed by atoms with E-state index < -0.39 is 14.8 Å². The molecule has 0 aliphatic carbocycles. The first kappa shape index (κ1) is 22.5. The minimum atomic E-state index is -3.83. The van der Waals surface area contributed by atoms with Gasteiger partial charge < -0.3 is 9.84 Å². The molecule has 2 aromatic carbocycles. The zero-order chi connectivity index (χ0) is 22.6. The Morgan fingerprint density at radius 1 is 1.10 bits per heavy atom. The average molecular weight is 462 g/mol. The summed E-state index contributed by atoms with van der Waals surface area (Å²) in [5.41, 5.74) is 2.05. The maximum Gasteiger partial charge on any atom is 0.269 e. The Kier molecular flexibility index (Phi) is 6.76. The van der Waals surface area contributed by atoms with Gasteiger partial charge in [-0.1, -0.05) is 5.16 Å². The van der Waals surface area contributed by atoms with Gasteiger partial charge in [0, 0.05) is 29.1 Å². The third-order valence-electron chi connectivity index (χ3n) is 4.47. The summed E-state index contributed by atoms with van der Waals surface area (Å²) in [5, 5.41) is 17.3. The van der Waals surface area contributed by atoms with Crippen LogP contribution in [0.15, 0.2) is 62.8 Å². The Morgan fingerprint density at radius 2 is 1.68 bits per heavy atom. The van der Waals surface area contributed by atoms with Crippen molar-refractivity contribution in [1.29, 1.82) is 0 Å². The first-order valence-electron chi connectivity index (χ1n) is 9.07. The fourth-order valence-corrected chi connectivity index (χ4v) is 4.99. The molecule has 0 aliphatic rings.